The lowest BCUT2D eigenvalue weighted by Gasteiger charge is -2.22. The van der Waals surface area contributed by atoms with E-state index in [1.807, 2.05) is 19.0 Å². The molecule has 3 rings (SSSR count). The van der Waals surface area contributed by atoms with Crippen molar-refractivity contribution in [2.45, 2.75) is 6.42 Å². The Labute approximate surface area is 192 Å². The van der Waals surface area contributed by atoms with Gasteiger partial charge in [0.1, 0.15) is 27.9 Å². The smallest absolute Gasteiger partial charge is 0.281 e. The molecule has 3 aromatic rings. The van der Waals surface area contributed by atoms with E-state index in [4.69, 9.17) is 9.47 Å². The molecule has 0 aliphatic heterocycles. The molecule has 0 bridgehead atoms. The predicted octanol–water partition coefficient (Wildman–Crippen LogP) is 4.30. The van der Waals surface area contributed by atoms with E-state index in [1.165, 1.54) is 26.4 Å². The summed E-state index contributed by atoms with van der Waals surface area (Å²) < 4.78 is 10.8. The third-order valence-electron chi connectivity index (χ3n) is 4.70. The van der Waals surface area contributed by atoms with Gasteiger partial charge < -0.3 is 14.4 Å². The van der Waals surface area contributed by atoms with E-state index in [2.05, 4.69) is 4.98 Å². The maximum atomic E-state index is 11.8. The average molecular weight is 473 g/mol. The van der Waals surface area contributed by atoms with Gasteiger partial charge in [0.05, 0.1) is 24.8 Å². The third kappa shape index (κ3) is 5.19. The number of halogens is 2. The second-order valence-corrected chi connectivity index (χ2v) is 6.86. The van der Waals surface area contributed by atoms with Crippen molar-refractivity contribution in [2.24, 2.45) is 0 Å². The van der Waals surface area contributed by atoms with E-state index < -0.39 is 4.92 Å². The van der Waals surface area contributed by atoms with Gasteiger partial charge in [0.2, 0.25) is 0 Å². The molecule has 0 atom stereocenters. The largest absolute Gasteiger partial charge is 0.494 e. The number of para-hydroxylation sites is 1. The Morgan fingerprint density at radius 2 is 1.68 bits per heavy atom. The fraction of sp³-hybridized carbons (Fsp3) is 0.350. The first-order chi connectivity index (χ1) is 13.9. The van der Waals surface area contributed by atoms with Crippen LogP contribution in [-0.4, -0.2) is 61.4 Å². The zero-order chi connectivity index (χ0) is 21.1. The topological polar surface area (TPSA) is 101 Å². The van der Waals surface area contributed by atoms with E-state index in [9.17, 15) is 15.3 Å². The maximum Gasteiger partial charge on any atom is 0.281 e. The Hall–Kier alpha value is -2.59. The number of anilines is 1. The fourth-order valence-electron chi connectivity index (χ4n) is 3.38. The lowest BCUT2D eigenvalue weighted by molar-refractivity contribution is -0.383. The van der Waals surface area contributed by atoms with Crippen LogP contribution >= 0.6 is 24.8 Å². The monoisotopic (exact) mass is 472 g/mol. The molecule has 9 nitrogen and oxygen atoms in total. The summed E-state index contributed by atoms with van der Waals surface area (Å²) in [5.41, 5.74) is 0.941. The van der Waals surface area contributed by atoms with Crippen LogP contribution in [-0.2, 0) is 0 Å². The van der Waals surface area contributed by atoms with Gasteiger partial charge in [-0.1, -0.05) is 12.1 Å². The van der Waals surface area contributed by atoms with E-state index in [0.717, 1.165) is 11.6 Å². The highest BCUT2D eigenvalue weighted by atomic mass is 35.5. The number of hydrogen-bond acceptors (Lipinski definition) is 8. The number of non-ortho nitro benzene ring substituents is 1. The Kier molecular flexibility index (Phi) is 9.51. The van der Waals surface area contributed by atoms with Crippen LogP contribution in [0.25, 0.3) is 21.8 Å². The van der Waals surface area contributed by atoms with Crippen LogP contribution in [0, 0.1) is 10.1 Å². The van der Waals surface area contributed by atoms with Gasteiger partial charge in [0.25, 0.3) is 5.69 Å². The molecule has 170 valence electrons. The van der Waals surface area contributed by atoms with Gasteiger partial charge in [0, 0.05) is 18.0 Å². The number of nitrogens with zero attached hydrogens (tertiary/aromatic N) is 4. The summed E-state index contributed by atoms with van der Waals surface area (Å²) in [5.74, 6) is 0.877. The van der Waals surface area contributed by atoms with E-state index in [1.54, 1.807) is 18.2 Å². The molecule has 1 N–H and O–H groups in total. The van der Waals surface area contributed by atoms with E-state index in [0.29, 0.717) is 40.0 Å². The predicted molar refractivity (Wildman–Crippen MR) is 126 cm³/mol. The second kappa shape index (κ2) is 11.1. The number of aromatic nitrogens is 1. The van der Waals surface area contributed by atoms with Gasteiger partial charge in [0.15, 0.2) is 0 Å². The fourth-order valence-corrected chi connectivity index (χ4v) is 3.38. The standard InChI is InChI=1S/C20H24N4O5.2ClH/c1-22(2)11-6-12-23(25)20-13-7-5-8-15(28-3)18(13)21-19-16(29-4)10-9-14(17(19)20)24(26)27;;/h5,7-10,25H,6,11-12H2,1-4H3;2*1H. The molecule has 0 saturated heterocycles. The zero-order valence-electron chi connectivity index (χ0n) is 17.7. The van der Waals surface area contributed by atoms with Crippen LogP contribution < -0.4 is 14.5 Å². The Morgan fingerprint density at radius 1 is 1.03 bits per heavy atom. The number of fused-ring (bicyclic) bond motifs is 2. The maximum absolute atomic E-state index is 11.8. The van der Waals surface area contributed by atoms with Gasteiger partial charge in [-0.3, -0.25) is 20.4 Å². The van der Waals surface area contributed by atoms with E-state index >= 15 is 0 Å². The molecule has 2 aromatic carbocycles. The van der Waals surface area contributed by atoms with E-state index in [-0.39, 0.29) is 42.4 Å². The lowest BCUT2D eigenvalue weighted by Crippen LogP contribution is -2.24. The van der Waals surface area contributed by atoms with Crippen LogP contribution in [0.3, 0.4) is 0 Å². The molecule has 0 aliphatic rings. The summed E-state index contributed by atoms with van der Waals surface area (Å²) in [6, 6.07) is 8.15. The van der Waals surface area contributed by atoms with Crippen molar-refractivity contribution in [3.63, 3.8) is 0 Å². The average Bonchev–Trinajstić information content (AvgIpc) is 2.70. The number of nitro groups is 1. The molecule has 0 unspecified atom stereocenters. The number of hydrogen-bond donors (Lipinski definition) is 1. The summed E-state index contributed by atoms with van der Waals surface area (Å²) in [5, 5.41) is 24.5. The minimum Gasteiger partial charge on any atom is -0.494 e. The van der Waals surface area contributed by atoms with Crippen molar-refractivity contribution in [1.29, 1.82) is 0 Å². The van der Waals surface area contributed by atoms with Crippen LogP contribution in [0.2, 0.25) is 0 Å². The van der Waals surface area contributed by atoms with Crippen molar-refractivity contribution in [3.8, 4) is 11.5 Å². The Bertz CT molecular complexity index is 1060. The van der Waals surface area contributed by atoms with Crippen LogP contribution in [0.1, 0.15) is 6.42 Å². The summed E-state index contributed by atoms with van der Waals surface area (Å²) >= 11 is 0. The van der Waals surface area contributed by atoms with Crippen LogP contribution in [0.15, 0.2) is 30.3 Å². The first-order valence-electron chi connectivity index (χ1n) is 9.12. The van der Waals surface area contributed by atoms with Crippen molar-refractivity contribution < 1.29 is 19.6 Å². The van der Waals surface area contributed by atoms with Crippen LogP contribution in [0.5, 0.6) is 11.5 Å². The van der Waals surface area contributed by atoms with Gasteiger partial charge in [-0.2, -0.15) is 0 Å². The number of methoxy groups -OCH3 is 2. The summed E-state index contributed by atoms with van der Waals surface area (Å²) in [6.45, 7) is 1.05. The van der Waals surface area contributed by atoms with Gasteiger partial charge in [-0.15, -0.1) is 24.8 Å². The highest BCUT2D eigenvalue weighted by Gasteiger charge is 2.26. The normalized spacial score (nSPS) is 10.5. The highest BCUT2D eigenvalue weighted by Crippen LogP contribution is 2.43. The molecule has 31 heavy (non-hydrogen) atoms. The third-order valence-corrected chi connectivity index (χ3v) is 4.70. The molecule has 1 heterocycles. The summed E-state index contributed by atoms with van der Waals surface area (Å²) in [4.78, 5) is 17.9. The minimum absolute atomic E-state index is 0. The number of hydroxylamine groups is 1. The SMILES string of the molecule is COc1cccc2c(N(O)CCCN(C)C)c3c([N+](=O)[O-])ccc(OC)c3nc12.Cl.Cl. The molecular formula is C20H26Cl2N4O5. The Morgan fingerprint density at radius 3 is 2.26 bits per heavy atom. The summed E-state index contributed by atoms with van der Waals surface area (Å²) in [7, 11) is 6.89. The second-order valence-electron chi connectivity index (χ2n) is 6.86. The number of pyridine rings is 1. The molecule has 0 amide bonds. The summed E-state index contributed by atoms with van der Waals surface area (Å²) in [6.07, 6.45) is 0.663. The first kappa shape index (κ1) is 26.4. The number of nitro benzene ring substituents is 1. The molecule has 0 aliphatic carbocycles. The highest BCUT2D eigenvalue weighted by molar-refractivity contribution is 6.13. The van der Waals surface area contributed by atoms with Crippen molar-refractivity contribution in [3.05, 3.63) is 40.4 Å². The molecule has 0 saturated carbocycles. The Balaban J connectivity index is 0.00000240. The number of rotatable bonds is 8. The molecule has 0 spiro atoms. The molecule has 0 fully saturated rings. The van der Waals surface area contributed by atoms with Gasteiger partial charge in [-0.25, -0.2) is 4.98 Å². The number of ether oxygens (including phenoxy) is 2. The van der Waals surface area contributed by atoms with Crippen molar-refractivity contribution in [1.82, 2.24) is 9.88 Å². The molecule has 0 radical (unpaired) electrons. The lowest BCUT2D eigenvalue weighted by atomic mass is 10.0. The minimum atomic E-state index is -0.480. The molecular weight excluding hydrogens is 447 g/mol. The van der Waals surface area contributed by atoms with Crippen LogP contribution in [0.4, 0.5) is 11.4 Å². The van der Waals surface area contributed by atoms with Gasteiger partial charge in [-0.05, 0) is 39.2 Å². The molecule has 11 heteroatoms. The first-order valence-corrected chi connectivity index (χ1v) is 9.12. The van der Waals surface area contributed by atoms with Crippen molar-refractivity contribution >= 4 is 58.0 Å². The quantitative estimate of drug-likeness (QED) is 0.294. The molecule has 1 aromatic heterocycles. The number of benzene rings is 2. The van der Waals surface area contributed by atoms with Crippen molar-refractivity contribution in [2.75, 3.05) is 46.5 Å². The van der Waals surface area contributed by atoms with Gasteiger partial charge >= 0.3 is 0 Å². The zero-order valence-corrected chi connectivity index (χ0v) is 19.3.